The number of methoxy groups -OCH3 is 1. The fraction of sp³-hybridized carbons (Fsp3) is 0.600. The maximum Gasteiger partial charge on any atom is 0.137 e. The molecule has 0 spiro atoms. The fourth-order valence-corrected chi connectivity index (χ4v) is 2.89. The minimum atomic E-state index is 0.564. The summed E-state index contributed by atoms with van der Waals surface area (Å²) in [5, 5.41) is 4.27. The van der Waals surface area contributed by atoms with Gasteiger partial charge < -0.3 is 15.0 Å². The van der Waals surface area contributed by atoms with E-state index in [2.05, 4.69) is 30.1 Å². The van der Waals surface area contributed by atoms with E-state index in [1.807, 2.05) is 12.1 Å². The molecule has 4 heteroatoms. The first kappa shape index (κ1) is 14.5. The van der Waals surface area contributed by atoms with Gasteiger partial charge in [0.05, 0.1) is 12.1 Å². The molecule has 3 nitrogen and oxygen atoms in total. The van der Waals surface area contributed by atoms with Crippen molar-refractivity contribution in [2.24, 2.45) is 5.92 Å². The van der Waals surface area contributed by atoms with Crippen molar-refractivity contribution in [1.29, 1.82) is 0 Å². The lowest BCUT2D eigenvalue weighted by molar-refractivity contribution is 0.388. The summed E-state index contributed by atoms with van der Waals surface area (Å²) in [4.78, 5) is 2.40. The minimum absolute atomic E-state index is 0.564. The Labute approximate surface area is 120 Å². The van der Waals surface area contributed by atoms with Crippen LogP contribution in [0.15, 0.2) is 18.2 Å². The average molecular weight is 283 g/mol. The normalized spacial score (nSPS) is 19.8. The van der Waals surface area contributed by atoms with Crippen molar-refractivity contribution in [1.82, 2.24) is 5.32 Å². The molecule has 19 heavy (non-hydrogen) atoms. The summed E-state index contributed by atoms with van der Waals surface area (Å²) in [5.74, 6) is 1.45. The van der Waals surface area contributed by atoms with E-state index in [9.17, 15) is 0 Å². The highest BCUT2D eigenvalue weighted by atomic mass is 35.5. The molecule has 1 heterocycles. The van der Waals surface area contributed by atoms with Crippen LogP contribution in [0, 0.1) is 5.92 Å². The van der Waals surface area contributed by atoms with Crippen LogP contribution < -0.4 is 15.0 Å². The monoisotopic (exact) mass is 282 g/mol. The first-order valence-corrected chi connectivity index (χ1v) is 7.30. The van der Waals surface area contributed by atoms with Gasteiger partial charge >= 0.3 is 0 Å². The van der Waals surface area contributed by atoms with Crippen LogP contribution >= 0.6 is 11.6 Å². The predicted octanol–water partition coefficient (Wildman–Crippen LogP) is 3.17. The number of nitrogens with zero attached hydrogens (tertiary/aromatic N) is 1. The van der Waals surface area contributed by atoms with Gasteiger partial charge in [-0.05, 0) is 30.5 Å². The number of ether oxygens (including phenoxy) is 1. The molecule has 1 atom stereocenters. The number of benzene rings is 1. The molecule has 0 saturated carbocycles. The third-order valence-corrected chi connectivity index (χ3v) is 3.81. The van der Waals surface area contributed by atoms with E-state index in [0.717, 1.165) is 31.3 Å². The van der Waals surface area contributed by atoms with Crippen LogP contribution in [0.4, 0.5) is 5.69 Å². The van der Waals surface area contributed by atoms with Gasteiger partial charge in [0, 0.05) is 31.4 Å². The molecule has 1 aromatic rings. The lowest BCUT2D eigenvalue weighted by Gasteiger charge is -2.36. The van der Waals surface area contributed by atoms with Crippen molar-refractivity contribution in [3.63, 3.8) is 0 Å². The van der Waals surface area contributed by atoms with E-state index >= 15 is 0 Å². The average Bonchev–Trinajstić information content (AvgIpc) is 2.38. The topological polar surface area (TPSA) is 24.5 Å². The predicted molar refractivity (Wildman–Crippen MR) is 81.5 cm³/mol. The molecule has 1 fully saturated rings. The highest BCUT2D eigenvalue weighted by molar-refractivity contribution is 6.32. The van der Waals surface area contributed by atoms with Crippen LogP contribution in [0.25, 0.3) is 0 Å². The summed E-state index contributed by atoms with van der Waals surface area (Å²) in [6.07, 6.45) is 1.21. The van der Waals surface area contributed by atoms with Crippen molar-refractivity contribution in [2.75, 3.05) is 31.6 Å². The highest BCUT2D eigenvalue weighted by Gasteiger charge is 2.20. The number of piperazine rings is 1. The standard InChI is InChI=1S/C15H23ClN2O/c1-11(2)8-12-10-18(7-6-17-12)13-4-5-15(19-3)14(16)9-13/h4-5,9,11-12,17H,6-8,10H2,1-3H3. The first-order chi connectivity index (χ1) is 9.10. The number of halogens is 1. The van der Waals surface area contributed by atoms with Crippen LogP contribution in [0.3, 0.4) is 0 Å². The van der Waals surface area contributed by atoms with Crippen molar-refractivity contribution < 1.29 is 4.74 Å². The maximum atomic E-state index is 6.20. The largest absolute Gasteiger partial charge is 0.495 e. The summed E-state index contributed by atoms with van der Waals surface area (Å²) >= 11 is 6.20. The second-order valence-electron chi connectivity index (χ2n) is 5.55. The molecule has 1 saturated heterocycles. The summed E-state index contributed by atoms with van der Waals surface area (Å²) in [7, 11) is 1.64. The molecule has 0 amide bonds. The Hall–Kier alpha value is -0.930. The van der Waals surface area contributed by atoms with E-state index in [1.54, 1.807) is 7.11 Å². The van der Waals surface area contributed by atoms with E-state index in [1.165, 1.54) is 12.1 Å². The Balaban J connectivity index is 2.06. The van der Waals surface area contributed by atoms with Crippen LogP contribution in [0.5, 0.6) is 5.75 Å². The van der Waals surface area contributed by atoms with Crippen LogP contribution in [0.2, 0.25) is 5.02 Å². The smallest absolute Gasteiger partial charge is 0.137 e. The van der Waals surface area contributed by atoms with Crippen LogP contribution in [0.1, 0.15) is 20.3 Å². The Bertz CT molecular complexity index is 423. The summed E-state index contributed by atoms with van der Waals surface area (Å²) in [6, 6.07) is 6.59. The molecular weight excluding hydrogens is 260 g/mol. The summed E-state index contributed by atoms with van der Waals surface area (Å²) < 4.78 is 5.20. The molecule has 1 aliphatic rings. The van der Waals surface area contributed by atoms with Gasteiger partial charge in [0.25, 0.3) is 0 Å². The zero-order valence-electron chi connectivity index (χ0n) is 11.9. The molecule has 1 N–H and O–H groups in total. The number of hydrogen-bond acceptors (Lipinski definition) is 3. The van der Waals surface area contributed by atoms with Gasteiger partial charge in [-0.3, -0.25) is 0 Å². The molecule has 1 unspecified atom stereocenters. The molecule has 0 aromatic heterocycles. The second kappa shape index (κ2) is 6.49. The van der Waals surface area contributed by atoms with E-state index < -0.39 is 0 Å². The Morgan fingerprint density at radius 3 is 2.89 bits per heavy atom. The van der Waals surface area contributed by atoms with Gasteiger partial charge in [-0.1, -0.05) is 25.4 Å². The van der Waals surface area contributed by atoms with Gasteiger partial charge in [0.1, 0.15) is 5.75 Å². The summed E-state index contributed by atoms with van der Waals surface area (Å²) in [5.41, 5.74) is 1.18. The Morgan fingerprint density at radius 2 is 2.26 bits per heavy atom. The van der Waals surface area contributed by atoms with Crippen LogP contribution in [-0.4, -0.2) is 32.8 Å². The fourth-order valence-electron chi connectivity index (χ4n) is 2.64. The number of nitrogens with one attached hydrogen (secondary N) is 1. The van der Waals surface area contributed by atoms with Crippen molar-refractivity contribution in [3.8, 4) is 5.75 Å². The van der Waals surface area contributed by atoms with E-state index in [0.29, 0.717) is 11.1 Å². The highest BCUT2D eigenvalue weighted by Crippen LogP contribution is 2.29. The third kappa shape index (κ3) is 3.77. The van der Waals surface area contributed by atoms with Gasteiger partial charge in [-0.2, -0.15) is 0 Å². The lowest BCUT2D eigenvalue weighted by atomic mass is 10.0. The Morgan fingerprint density at radius 1 is 1.47 bits per heavy atom. The molecule has 106 valence electrons. The molecule has 0 bridgehead atoms. The number of rotatable bonds is 4. The third-order valence-electron chi connectivity index (χ3n) is 3.51. The van der Waals surface area contributed by atoms with Crippen LogP contribution in [-0.2, 0) is 0 Å². The second-order valence-corrected chi connectivity index (χ2v) is 5.95. The number of anilines is 1. The lowest BCUT2D eigenvalue weighted by Crippen LogP contribution is -2.51. The number of hydrogen-bond donors (Lipinski definition) is 1. The van der Waals surface area contributed by atoms with Gasteiger partial charge in [0.2, 0.25) is 0 Å². The molecule has 1 aliphatic heterocycles. The zero-order valence-corrected chi connectivity index (χ0v) is 12.7. The van der Waals surface area contributed by atoms with Gasteiger partial charge in [0.15, 0.2) is 0 Å². The molecule has 0 aliphatic carbocycles. The Kier molecular flexibility index (Phi) is 4.94. The van der Waals surface area contributed by atoms with Crippen molar-refractivity contribution in [2.45, 2.75) is 26.3 Å². The zero-order chi connectivity index (χ0) is 13.8. The first-order valence-electron chi connectivity index (χ1n) is 6.92. The van der Waals surface area contributed by atoms with Crippen molar-refractivity contribution in [3.05, 3.63) is 23.2 Å². The quantitative estimate of drug-likeness (QED) is 0.918. The molecule has 0 radical (unpaired) electrons. The van der Waals surface area contributed by atoms with E-state index in [4.69, 9.17) is 16.3 Å². The molecule has 1 aromatic carbocycles. The SMILES string of the molecule is COc1ccc(N2CCNC(CC(C)C)C2)cc1Cl. The molecular formula is C15H23ClN2O. The summed E-state index contributed by atoms with van der Waals surface area (Å²) in [6.45, 7) is 7.63. The van der Waals surface area contributed by atoms with Gasteiger partial charge in [-0.25, -0.2) is 0 Å². The van der Waals surface area contributed by atoms with Gasteiger partial charge in [-0.15, -0.1) is 0 Å². The molecule has 2 rings (SSSR count). The van der Waals surface area contributed by atoms with E-state index in [-0.39, 0.29) is 0 Å². The van der Waals surface area contributed by atoms with Crippen molar-refractivity contribution >= 4 is 17.3 Å². The maximum absolute atomic E-state index is 6.20. The minimum Gasteiger partial charge on any atom is -0.495 e.